The van der Waals surface area contributed by atoms with Gasteiger partial charge in [0.05, 0.1) is 6.54 Å². The quantitative estimate of drug-likeness (QED) is 0.578. The predicted molar refractivity (Wildman–Crippen MR) is 65.3 cm³/mol. The molecule has 0 saturated carbocycles. The number of amides is 1. The molecule has 0 saturated heterocycles. The van der Waals surface area contributed by atoms with E-state index in [9.17, 15) is 13.2 Å². The third-order valence-electron chi connectivity index (χ3n) is 2.28. The van der Waals surface area contributed by atoms with E-state index in [0.29, 0.717) is 25.3 Å². The number of sulfonamides is 1. The van der Waals surface area contributed by atoms with Gasteiger partial charge in [0.2, 0.25) is 11.0 Å². The predicted octanol–water partition coefficient (Wildman–Crippen LogP) is -0.587. The van der Waals surface area contributed by atoms with Crippen LogP contribution in [-0.2, 0) is 21.4 Å². The number of furan rings is 1. The van der Waals surface area contributed by atoms with Crippen LogP contribution in [0.3, 0.4) is 0 Å². The zero-order chi connectivity index (χ0) is 13.6. The van der Waals surface area contributed by atoms with Gasteiger partial charge in [-0.15, -0.1) is 0 Å². The van der Waals surface area contributed by atoms with Crippen molar-refractivity contribution < 1.29 is 17.6 Å². The molecule has 0 bridgehead atoms. The van der Waals surface area contributed by atoms with Crippen molar-refractivity contribution in [2.24, 2.45) is 0 Å². The van der Waals surface area contributed by atoms with Crippen molar-refractivity contribution in [3.63, 3.8) is 0 Å². The molecule has 0 aliphatic rings. The van der Waals surface area contributed by atoms with Crippen molar-refractivity contribution in [2.75, 3.05) is 20.6 Å². The molecular weight excluding hydrogens is 258 g/mol. The second-order valence-electron chi connectivity index (χ2n) is 3.53. The van der Waals surface area contributed by atoms with Crippen LogP contribution in [0.1, 0.15) is 12.2 Å². The van der Waals surface area contributed by atoms with Crippen molar-refractivity contribution in [2.45, 2.75) is 18.1 Å². The molecule has 1 amide bonds. The molecule has 0 unspecified atom stereocenters. The van der Waals surface area contributed by atoms with Gasteiger partial charge in [-0.3, -0.25) is 4.79 Å². The van der Waals surface area contributed by atoms with E-state index in [0.717, 1.165) is 0 Å². The summed E-state index contributed by atoms with van der Waals surface area (Å²) in [5, 5.41) is 5.37. The number of carbonyl (C=O) groups excluding carboxylic acids is 1. The second-order valence-corrected chi connectivity index (χ2v) is 5.35. The van der Waals surface area contributed by atoms with E-state index < -0.39 is 10.0 Å². The lowest BCUT2D eigenvalue weighted by Gasteiger charge is -2.02. The van der Waals surface area contributed by atoms with Gasteiger partial charge in [0, 0.05) is 20.0 Å². The Balaban J connectivity index is 2.43. The molecule has 1 rings (SSSR count). The summed E-state index contributed by atoms with van der Waals surface area (Å²) in [6.07, 6.45) is 0.360. The average molecular weight is 275 g/mol. The van der Waals surface area contributed by atoms with Crippen molar-refractivity contribution in [1.82, 2.24) is 15.4 Å². The summed E-state index contributed by atoms with van der Waals surface area (Å²) in [7, 11) is -0.642. The molecule has 1 heterocycles. The molecule has 3 N–H and O–H groups in total. The molecule has 0 aliphatic carbocycles. The first kappa shape index (κ1) is 14.7. The largest absolute Gasteiger partial charge is 0.447 e. The van der Waals surface area contributed by atoms with Gasteiger partial charge < -0.3 is 15.1 Å². The molecule has 8 heteroatoms. The minimum absolute atomic E-state index is 0.0552. The number of carbonyl (C=O) groups is 1. The highest BCUT2D eigenvalue weighted by atomic mass is 32.2. The molecular formula is C10H17N3O4S. The monoisotopic (exact) mass is 275 g/mol. The highest BCUT2D eigenvalue weighted by molar-refractivity contribution is 7.89. The third-order valence-corrected chi connectivity index (χ3v) is 3.56. The van der Waals surface area contributed by atoms with Gasteiger partial charge in [-0.1, -0.05) is 0 Å². The number of hydrogen-bond acceptors (Lipinski definition) is 5. The molecule has 0 radical (unpaired) electrons. The van der Waals surface area contributed by atoms with E-state index in [1.165, 1.54) is 13.1 Å². The van der Waals surface area contributed by atoms with Crippen LogP contribution >= 0.6 is 0 Å². The Labute approximate surface area is 106 Å². The lowest BCUT2D eigenvalue weighted by Crippen LogP contribution is -2.24. The van der Waals surface area contributed by atoms with Crippen LogP contribution in [-0.4, -0.2) is 35.0 Å². The van der Waals surface area contributed by atoms with Crippen LogP contribution in [0.4, 0.5) is 0 Å². The number of rotatable bonds is 7. The molecule has 0 aliphatic heterocycles. The second kappa shape index (κ2) is 6.53. The summed E-state index contributed by atoms with van der Waals surface area (Å²) in [5.74, 6) is 0.445. The minimum Gasteiger partial charge on any atom is -0.447 e. The number of hydrogen-bond donors (Lipinski definition) is 3. The summed E-state index contributed by atoms with van der Waals surface area (Å²) in [5.41, 5.74) is 0. The van der Waals surface area contributed by atoms with Crippen molar-refractivity contribution >= 4 is 15.9 Å². The fourth-order valence-electron chi connectivity index (χ4n) is 1.24. The highest BCUT2D eigenvalue weighted by Gasteiger charge is 2.15. The summed E-state index contributed by atoms with van der Waals surface area (Å²) >= 11 is 0. The SMILES string of the molecule is CNC(=O)CCNCc1ccc(S(=O)(=O)NC)o1. The molecule has 7 nitrogen and oxygen atoms in total. The molecule has 0 aromatic carbocycles. The highest BCUT2D eigenvalue weighted by Crippen LogP contribution is 2.12. The van der Waals surface area contributed by atoms with E-state index in [-0.39, 0.29) is 11.0 Å². The van der Waals surface area contributed by atoms with Crippen molar-refractivity contribution in [3.8, 4) is 0 Å². The van der Waals surface area contributed by atoms with Crippen LogP contribution in [0.15, 0.2) is 21.6 Å². The number of nitrogens with one attached hydrogen (secondary N) is 3. The Morgan fingerprint density at radius 1 is 1.33 bits per heavy atom. The average Bonchev–Trinajstić information content (AvgIpc) is 2.83. The fraction of sp³-hybridized carbons (Fsp3) is 0.500. The molecule has 0 atom stereocenters. The van der Waals surface area contributed by atoms with Crippen LogP contribution in [0, 0.1) is 0 Å². The minimum atomic E-state index is -3.53. The summed E-state index contributed by atoms with van der Waals surface area (Å²) in [6, 6.07) is 2.97. The topological polar surface area (TPSA) is 100 Å². The molecule has 0 fully saturated rings. The van der Waals surface area contributed by atoms with E-state index in [1.54, 1.807) is 13.1 Å². The van der Waals surface area contributed by atoms with Crippen LogP contribution in [0.2, 0.25) is 0 Å². The normalized spacial score (nSPS) is 11.4. The molecule has 18 heavy (non-hydrogen) atoms. The Morgan fingerprint density at radius 3 is 2.67 bits per heavy atom. The maximum Gasteiger partial charge on any atom is 0.273 e. The third kappa shape index (κ3) is 4.13. The van der Waals surface area contributed by atoms with E-state index in [4.69, 9.17) is 4.42 Å². The summed E-state index contributed by atoms with van der Waals surface area (Å²) in [6.45, 7) is 0.866. The van der Waals surface area contributed by atoms with E-state index in [1.807, 2.05) is 0 Å². The van der Waals surface area contributed by atoms with Gasteiger partial charge in [-0.2, -0.15) is 0 Å². The van der Waals surface area contributed by atoms with Gasteiger partial charge in [0.25, 0.3) is 10.0 Å². The maximum absolute atomic E-state index is 11.4. The summed E-state index contributed by atoms with van der Waals surface area (Å²) < 4.78 is 30.1. The maximum atomic E-state index is 11.4. The molecule has 1 aromatic rings. The Morgan fingerprint density at radius 2 is 2.06 bits per heavy atom. The zero-order valence-corrected chi connectivity index (χ0v) is 11.1. The van der Waals surface area contributed by atoms with Crippen LogP contribution in [0.25, 0.3) is 0 Å². The zero-order valence-electron chi connectivity index (χ0n) is 10.3. The summed E-state index contributed by atoms with van der Waals surface area (Å²) in [4.78, 5) is 10.9. The van der Waals surface area contributed by atoms with Crippen LogP contribution in [0.5, 0.6) is 0 Å². The van der Waals surface area contributed by atoms with E-state index >= 15 is 0 Å². The molecule has 1 aromatic heterocycles. The Bertz CT molecular complexity index is 495. The van der Waals surface area contributed by atoms with Gasteiger partial charge in [0.15, 0.2) is 0 Å². The standard InChI is InChI=1S/C10H17N3O4S/c1-11-9(14)5-6-13-7-8-3-4-10(17-8)18(15,16)12-2/h3-4,12-13H,5-7H2,1-2H3,(H,11,14). The van der Waals surface area contributed by atoms with Crippen LogP contribution < -0.4 is 15.4 Å². The first-order chi connectivity index (χ1) is 8.49. The first-order valence-corrected chi connectivity index (χ1v) is 6.91. The fourth-order valence-corrected chi connectivity index (χ4v) is 1.90. The van der Waals surface area contributed by atoms with Gasteiger partial charge in [-0.25, -0.2) is 13.1 Å². The molecule has 102 valence electrons. The van der Waals surface area contributed by atoms with E-state index in [2.05, 4.69) is 15.4 Å². The smallest absolute Gasteiger partial charge is 0.273 e. The van der Waals surface area contributed by atoms with Crippen molar-refractivity contribution in [1.29, 1.82) is 0 Å². The lowest BCUT2D eigenvalue weighted by molar-refractivity contribution is -0.120. The first-order valence-electron chi connectivity index (χ1n) is 5.43. The molecule has 0 spiro atoms. The van der Waals surface area contributed by atoms with Gasteiger partial charge in [0.1, 0.15) is 5.76 Å². The Kier molecular flexibility index (Phi) is 5.32. The van der Waals surface area contributed by atoms with Crippen molar-refractivity contribution in [3.05, 3.63) is 17.9 Å². The van der Waals surface area contributed by atoms with Gasteiger partial charge in [-0.05, 0) is 19.2 Å². The van der Waals surface area contributed by atoms with Gasteiger partial charge >= 0.3 is 0 Å². The lowest BCUT2D eigenvalue weighted by atomic mass is 10.4. The Hall–Kier alpha value is -1.38.